The van der Waals surface area contributed by atoms with E-state index in [1.807, 2.05) is 45.0 Å². The quantitative estimate of drug-likeness (QED) is 0.834. The van der Waals surface area contributed by atoms with E-state index < -0.39 is 0 Å². The first kappa shape index (κ1) is 14.5. The minimum atomic E-state index is -0.222. The number of ether oxygens (including phenoxy) is 1. The third kappa shape index (κ3) is 5.68. The summed E-state index contributed by atoms with van der Waals surface area (Å²) in [7, 11) is 0. The van der Waals surface area contributed by atoms with Crippen LogP contribution in [-0.2, 0) is 11.2 Å². The van der Waals surface area contributed by atoms with Gasteiger partial charge in [0.25, 0.3) is 0 Å². The molecule has 0 saturated heterocycles. The average molecular weight is 251 g/mol. The molecule has 0 atom stereocenters. The van der Waals surface area contributed by atoms with Crippen LogP contribution in [0.4, 0.5) is 0 Å². The van der Waals surface area contributed by atoms with Crippen molar-refractivity contribution in [3.8, 4) is 5.75 Å². The van der Waals surface area contributed by atoms with Gasteiger partial charge in [-0.15, -0.1) is 0 Å². The molecule has 18 heavy (non-hydrogen) atoms. The van der Waals surface area contributed by atoms with Crippen molar-refractivity contribution in [1.29, 1.82) is 0 Å². The number of hydrogen-bond donors (Lipinski definition) is 2. The summed E-state index contributed by atoms with van der Waals surface area (Å²) >= 11 is 0. The molecule has 2 N–H and O–H groups in total. The van der Waals surface area contributed by atoms with Crippen LogP contribution in [0.5, 0.6) is 5.75 Å². The van der Waals surface area contributed by atoms with Crippen molar-refractivity contribution in [2.24, 2.45) is 0 Å². The number of aliphatic hydroxyl groups is 1. The van der Waals surface area contributed by atoms with Gasteiger partial charge in [-0.25, -0.2) is 0 Å². The molecule has 0 aliphatic heterocycles. The molecule has 0 radical (unpaired) electrons. The highest BCUT2D eigenvalue weighted by molar-refractivity contribution is 5.78. The Labute approximate surface area is 108 Å². The summed E-state index contributed by atoms with van der Waals surface area (Å²) in [6, 6.07) is 7.47. The molecule has 0 aromatic heterocycles. The molecule has 1 aromatic carbocycles. The van der Waals surface area contributed by atoms with Gasteiger partial charge in [-0.1, -0.05) is 12.1 Å². The van der Waals surface area contributed by atoms with Gasteiger partial charge in [0, 0.05) is 6.54 Å². The summed E-state index contributed by atoms with van der Waals surface area (Å²) in [5, 5.41) is 11.2. The SMILES string of the molecule is CC(C)(C)Oc1ccc(CC(=O)NCCO)cc1. The molecule has 0 aliphatic carbocycles. The van der Waals surface area contributed by atoms with Crippen LogP contribution in [0.2, 0.25) is 0 Å². The lowest BCUT2D eigenvalue weighted by atomic mass is 10.1. The summed E-state index contributed by atoms with van der Waals surface area (Å²) < 4.78 is 5.69. The topological polar surface area (TPSA) is 58.6 Å². The van der Waals surface area contributed by atoms with Gasteiger partial charge in [-0.3, -0.25) is 4.79 Å². The van der Waals surface area contributed by atoms with E-state index in [0.29, 0.717) is 13.0 Å². The fourth-order valence-corrected chi connectivity index (χ4v) is 1.47. The van der Waals surface area contributed by atoms with E-state index in [2.05, 4.69) is 5.32 Å². The van der Waals surface area contributed by atoms with Gasteiger partial charge in [-0.05, 0) is 38.5 Å². The Morgan fingerprint density at radius 2 is 1.89 bits per heavy atom. The molecule has 1 amide bonds. The van der Waals surface area contributed by atoms with Gasteiger partial charge in [0.2, 0.25) is 5.91 Å². The van der Waals surface area contributed by atoms with Crippen LogP contribution in [0, 0.1) is 0 Å². The van der Waals surface area contributed by atoms with Crippen molar-refractivity contribution in [3.63, 3.8) is 0 Å². The molecule has 0 bridgehead atoms. The number of hydrogen-bond acceptors (Lipinski definition) is 3. The predicted octanol–water partition coefficient (Wildman–Crippen LogP) is 1.51. The van der Waals surface area contributed by atoms with Crippen molar-refractivity contribution < 1.29 is 14.6 Å². The third-order valence-corrected chi connectivity index (χ3v) is 2.15. The van der Waals surface area contributed by atoms with Crippen molar-refractivity contribution in [3.05, 3.63) is 29.8 Å². The second-order valence-electron chi connectivity index (χ2n) is 5.11. The normalized spacial score (nSPS) is 11.1. The van der Waals surface area contributed by atoms with Crippen LogP contribution in [0.25, 0.3) is 0 Å². The van der Waals surface area contributed by atoms with E-state index in [1.54, 1.807) is 0 Å². The fraction of sp³-hybridized carbons (Fsp3) is 0.500. The Hall–Kier alpha value is -1.55. The number of carbonyl (C=O) groups is 1. The first-order valence-electron chi connectivity index (χ1n) is 6.06. The van der Waals surface area contributed by atoms with E-state index in [9.17, 15) is 4.79 Å². The summed E-state index contributed by atoms with van der Waals surface area (Å²) in [5.74, 6) is 0.704. The highest BCUT2D eigenvalue weighted by Crippen LogP contribution is 2.18. The van der Waals surface area contributed by atoms with Gasteiger partial charge in [0.15, 0.2) is 0 Å². The molecule has 0 heterocycles. The second kappa shape index (κ2) is 6.40. The zero-order valence-corrected chi connectivity index (χ0v) is 11.2. The molecule has 0 fully saturated rings. The van der Waals surface area contributed by atoms with E-state index >= 15 is 0 Å². The lowest BCUT2D eigenvalue weighted by Crippen LogP contribution is -2.27. The largest absolute Gasteiger partial charge is 0.488 e. The third-order valence-electron chi connectivity index (χ3n) is 2.15. The van der Waals surface area contributed by atoms with Crippen molar-refractivity contribution in [2.75, 3.05) is 13.2 Å². The maximum Gasteiger partial charge on any atom is 0.224 e. The van der Waals surface area contributed by atoms with Crippen LogP contribution in [0.3, 0.4) is 0 Å². The van der Waals surface area contributed by atoms with E-state index in [0.717, 1.165) is 11.3 Å². The van der Waals surface area contributed by atoms with Gasteiger partial charge >= 0.3 is 0 Å². The van der Waals surface area contributed by atoms with E-state index in [1.165, 1.54) is 0 Å². The minimum absolute atomic E-state index is 0.0376. The number of nitrogens with one attached hydrogen (secondary N) is 1. The van der Waals surface area contributed by atoms with Crippen molar-refractivity contribution in [2.45, 2.75) is 32.8 Å². The monoisotopic (exact) mass is 251 g/mol. The zero-order chi connectivity index (χ0) is 13.6. The number of aliphatic hydroxyl groups excluding tert-OH is 1. The van der Waals surface area contributed by atoms with Crippen molar-refractivity contribution in [1.82, 2.24) is 5.32 Å². The van der Waals surface area contributed by atoms with Crippen LogP contribution in [0.1, 0.15) is 26.3 Å². The van der Waals surface area contributed by atoms with E-state index in [-0.39, 0.29) is 18.1 Å². The Morgan fingerprint density at radius 1 is 1.28 bits per heavy atom. The number of rotatable bonds is 5. The molecule has 100 valence electrons. The Morgan fingerprint density at radius 3 is 2.39 bits per heavy atom. The number of benzene rings is 1. The van der Waals surface area contributed by atoms with Crippen LogP contribution in [0.15, 0.2) is 24.3 Å². The molecule has 0 spiro atoms. The predicted molar refractivity (Wildman–Crippen MR) is 70.6 cm³/mol. The Kier molecular flexibility index (Phi) is 5.16. The first-order valence-corrected chi connectivity index (χ1v) is 6.06. The van der Waals surface area contributed by atoms with Crippen LogP contribution < -0.4 is 10.1 Å². The lowest BCUT2D eigenvalue weighted by molar-refractivity contribution is -0.120. The maximum absolute atomic E-state index is 11.4. The van der Waals surface area contributed by atoms with Gasteiger partial charge < -0.3 is 15.2 Å². The molecule has 4 nitrogen and oxygen atoms in total. The number of carbonyl (C=O) groups excluding carboxylic acids is 1. The minimum Gasteiger partial charge on any atom is -0.488 e. The van der Waals surface area contributed by atoms with Gasteiger partial charge in [0.05, 0.1) is 13.0 Å². The fourth-order valence-electron chi connectivity index (χ4n) is 1.47. The molecule has 0 aliphatic rings. The molecule has 1 rings (SSSR count). The molecule has 0 saturated carbocycles. The summed E-state index contributed by atoms with van der Waals surface area (Å²) in [5.41, 5.74) is 0.701. The highest BCUT2D eigenvalue weighted by Gasteiger charge is 2.11. The maximum atomic E-state index is 11.4. The summed E-state index contributed by atoms with van der Waals surface area (Å²) in [4.78, 5) is 11.4. The van der Waals surface area contributed by atoms with E-state index in [4.69, 9.17) is 9.84 Å². The molecule has 4 heteroatoms. The molecular weight excluding hydrogens is 230 g/mol. The summed E-state index contributed by atoms with van der Waals surface area (Å²) in [6.07, 6.45) is 0.315. The lowest BCUT2D eigenvalue weighted by Gasteiger charge is -2.21. The van der Waals surface area contributed by atoms with Crippen molar-refractivity contribution >= 4 is 5.91 Å². The summed E-state index contributed by atoms with van der Waals surface area (Å²) in [6.45, 7) is 6.23. The first-order chi connectivity index (χ1) is 8.40. The second-order valence-corrected chi connectivity index (χ2v) is 5.11. The molecule has 1 aromatic rings. The smallest absolute Gasteiger partial charge is 0.224 e. The molecular formula is C14H21NO3. The van der Waals surface area contributed by atoms with Gasteiger partial charge in [-0.2, -0.15) is 0 Å². The zero-order valence-electron chi connectivity index (χ0n) is 11.2. The van der Waals surface area contributed by atoms with Gasteiger partial charge in [0.1, 0.15) is 11.4 Å². The number of amides is 1. The Bertz CT molecular complexity index is 379. The Balaban J connectivity index is 2.52. The average Bonchev–Trinajstić information content (AvgIpc) is 2.27. The highest BCUT2D eigenvalue weighted by atomic mass is 16.5. The molecule has 0 unspecified atom stereocenters. The standard InChI is InChI=1S/C14H21NO3/c1-14(2,3)18-12-6-4-11(5-7-12)10-13(17)15-8-9-16/h4-7,16H,8-10H2,1-3H3,(H,15,17). The van der Waals surface area contributed by atoms with Crippen LogP contribution in [-0.4, -0.2) is 29.8 Å². The van der Waals surface area contributed by atoms with Crippen LogP contribution >= 0.6 is 0 Å².